The van der Waals surface area contributed by atoms with E-state index in [9.17, 15) is 4.79 Å². The summed E-state index contributed by atoms with van der Waals surface area (Å²) >= 11 is 0. The highest BCUT2D eigenvalue weighted by atomic mass is 16.5. The first-order valence-electron chi connectivity index (χ1n) is 9.33. The van der Waals surface area contributed by atoms with Crippen molar-refractivity contribution >= 4 is 22.9 Å². The number of allylic oxidation sites excluding steroid dienone is 4. The van der Waals surface area contributed by atoms with Crippen LogP contribution in [0.4, 0.5) is 11.4 Å². The van der Waals surface area contributed by atoms with Crippen LogP contribution in [0.15, 0.2) is 42.6 Å². The summed E-state index contributed by atoms with van der Waals surface area (Å²) in [5.41, 5.74) is 3.47. The molecule has 0 spiro atoms. The zero-order chi connectivity index (χ0) is 20.1. The van der Waals surface area contributed by atoms with Gasteiger partial charge in [0.2, 0.25) is 0 Å². The summed E-state index contributed by atoms with van der Waals surface area (Å²) in [6.07, 6.45) is 9.39. The van der Waals surface area contributed by atoms with Gasteiger partial charge in [-0.15, -0.1) is 0 Å². The van der Waals surface area contributed by atoms with Crippen molar-refractivity contribution in [2.75, 3.05) is 19.5 Å². The number of pyridine rings is 1. The number of rotatable bonds is 6. The van der Waals surface area contributed by atoms with Crippen LogP contribution in [0, 0.1) is 0 Å². The number of hydrogen-bond donors (Lipinski definition) is 2. The van der Waals surface area contributed by atoms with Gasteiger partial charge in [-0.3, -0.25) is 9.78 Å². The molecule has 6 heteroatoms. The Morgan fingerprint density at radius 3 is 2.86 bits per heavy atom. The SMILES string of the molecule is C/C=C\C=C(/CCC)c1ncc(C(=O)NC)c2c1Oc1cccc(OC)c1N2. The minimum absolute atomic E-state index is 0.237. The van der Waals surface area contributed by atoms with Gasteiger partial charge in [-0.25, -0.2) is 0 Å². The monoisotopic (exact) mass is 379 g/mol. The molecular weight excluding hydrogens is 354 g/mol. The van der Waals surface area contributed by atoms with Crippen LogP contribution in [0.1, 0.15) is 42.7 Å². The molecule has 1 aromatic carbocycles. The molecule has 0 fully saturated rings. The molecule has 0 unspecified atom stereocenters. The molecule has 2 N–H and O–H groups in total. The molecule has 3 rings (SSSR count). The second-order valence-corrected chi connectivity index (χ2v) is 6.33. The summed E-state index contributed by atoms with van der Waals surface area (Å²) in [6.45, 7) is 4.09. The van der Waals surface area contributed by atoms with E-state index in [2.05, 4.69) is 22.5 Å². The maximum absolute atomic E-state index is 12.4. The van der Waals surface area contributed by atoms with Gasteiger partial charge in [-0.2, -0.15) is 0 Å². The normalized spacial score (nSPS) is 12.6. The number of aromatic nitrogens is 1. The van der Waals surface area contributed by atoms with E-state index in [0.717, 1.165) is 24.1 Å². The number of hydrogen-bond acceptors (Lipinski definition) is 5. The van der Waals surface area contributed by atoms with Gasteiger partial charge >= 0.3 is 0 Å². The van der Waals surface area contributed by atoms with Gasteiger partial charge in [0.15, 0.2) is 11.5 Å². The maximum Gasteiger partial charge on any atom is 0.254 e. The summed E-state index contributed by atoms with van der Waals surface area (Å²) < 4.78 is 11.7. The molecule has 1 aliphatic rings. The summed E-state index contributed by atoms with van der Waals surface area (Å²) in [5, 5.41) is 6.00. The molecule has 1 aromatic heterocycles. The van der Waals surface area contributed by atoms with Crippen molar-refractivity contribution in [2.45, 2.75) is 26.7 Å². The van der Waals surface area contributed by atoms with Crippen LogP contribution in [0.2, 0.25) is 0 Å². The molecule has 146 valence electrons. The van der Waals surface area contributed by atoms with Gasteiger partial charge in [0.05, 0.1) is 18.4 Å². The molecule has 0 radical (unpaired) electrons. The van der Waals surface area contributed by atoms with Crippen LogP contribution in [-0.2, 0) is 0 Å². The maximum atomic E-state index is 12.4. The molecule has 0 saturated carbocycles. The predicted octanol–water partition coefficient (Wildman–Crippen LogP) is 5.06. The first-order chi connectivity index (χ1) is 13.6. The number of methoxy groups -OCH3 is 1. The number of para-hydroxylation sites is 1. The van der Waals surface area contributed by atoms with Crippen LogP contribution in [0.25, 0.3) is 5.57 Å². The number of carbonyl (C=O) groups is 1. The molecular formula is C22H25N3O3. The van der Waals surface area contributed by atoms with Crippen molar-refractivity contribution in [1.82, 2.24) is 10.3 Å². The Kier molecular flexibility index (Phi) is 5.99. The summed E-state index contributed by atoms with van der Waals surface area (Å²) in [7, 11) is 3.19. The molecule has 1 amide bonds. The molecule has 2 aromatic rings. The average Bonchev–Trinajstić information content (AvgIpc) is 2.73. The van der Waals surface area contributed by atoms with Gasteiger partial charge in [-0.05, 0) is 31.1 Å². The van der Waals surface area contributed by atoms with Crippen molar-refractivity contribution in [3.8, 4) is 17.2 Å². The quantitative estimate of drug-likeness (QED) is 0.586. The Morgan fingerprint density at radius 1 is 1.36 bits per heavy atom. The van der Waals surface area contributed by atoms with Crippen molar-refractivity contribution in [3.05, 3.63) is 53.9 Å². The lowest BCUT2D eigenvalue weighted by atomic mass is 10.0. The zero-order valence-corrected chi connectivity index (χ0v) is 16.6. The van der Waals surface area contributed by atoms with Crippen LogP contribution in [0.3, 0.4) is 0 Å². The smallest absolute Gasteiger partial charge is 0.254 e. The second kappa shape index (κ2) is 8.61. The minimum Gasteiger partial charge on any atom is -0.494 e. The summed E-state index contributed by atoms with van der Waals surface area (Å²) in [6, 6.07) is 5.57. The van der Waals surface area contributed by atoms with Gasteiger partial charge in [0, 0.05) is 13.2 Å². The number of nitrogens with one attached hydrogen (secondary N) is 2. The Bertz CT molecular complexity index is 948. The van der Waals surface area contributed by atoms with Gasteiger partial charge in [0.1, 0.15) is 17.1 Å². The van der Waals surface area contributed by atoms with E-state index in [4.69, 9.17) is 9.47 Å². The first kappa shape index (κ1) is 19.5. The van der Waals surface area contributed by atoms with Gasteiger partial charge in [-0.1, -0.05) is 37.6 Å². The molecule has 2 heterocycles. The average molecular weight is 379 g/mol. The van der Waals surface area contributed by atoms with Crippen LogP contribution in [-0.4, -0.2) is 25.0 Å². The zero-order valence-electron chi connectivity index (χ0n) is 16.6. The fraction of sp³-hybridized carbons (Fsp3) is 0.273. The second-order valence-electron chi connectivity index (χ2n) is 6.33. The Balaban J connectivity index is 2.21. The molecule has 6 nitrogen and oxygen atoms in total. The number of benzene rings is 1. The van der Waals surface area contributed by atoms with Crippen molar-refractivity contribution in [3.63, 3.8) is 0 Å². The number of amides is 1. The van der Waals surface area contributed by atoms with Crippen molar-refractivity contribution in [1.29, 1.82) is 0 Å². The third kappa shape index (κ3) is 3.58. The number of fused-ring (bicyclic) bond motifs is 2. The van der Waals surface area contributed by atoms with Crippen molar-refractivity contribution in [2.24, 2.45) is 0 Å². The van der Waals surface area contributed by atoms with E-state index < -0.39 is 0 Å². The van der Waals surface area contributed by atoms with Gasteiger partial charge < -0.3 is 20.1 Å². The van der Waals surface area contributed by atoms with Crippen molar-refractivity contribution < 1.29 is 14.3 Å². The van der Waals surface area contributed by atoms with E-state index in [0.29, 0.717) is 34.2 Å². The summed E-state index contributed by atoms with van der Waals surface area (Å²) in [5.74, 6) is 1.58. The number of carbonyl (C=O) groups excluding carboxylic acids is 1. The minimum atomic E-state index is -0.237. The van der Waals surface area contributed by atoms with E-state index >= 15 is 0 Å². The molecule has 0 saturated heterocycles. The lowest BCUT2D eigenvalue weighted by Crippen LogP contribution is -2.21. The van der Waals surface area contributed by atoms with E-state index in [-0.39, 0.29) is 5.91 Å². The number of anilines is 2. The Morgan fingerprint density at radius 2 is 2.18 bits per heavy atom. The molecule has 28 heavy (non-hydrogen) atoms. The topological polar surface area (TPSA) is 72.5 Å². The Hall–Kier alpha value is -3.28. The van der Waals surface area contributed by atoms with Gasteiger partial charge in [0.25, 0.3) is 5.91 Å². The number of nitrogens with zero attached hydrogens (tertiary/aromatic N) is 1. The van der Waals surface area contributed by atoms with Crippen LogP contribution >= 0.6 is 0 Å². The van der Waals surface area contributed by atoms with Crippen LogP contribution < -0.4 is 20.1 Å². The highest BCUT2D eigenvalue weighted by Gasteiger charge is 2.28. The third-order valence-corrected chi connectivity index (χ3v) is 4.49. The molecule has 0 atom stereocenters. The molecule has 0 bridgehead atoms. The highest BCUT2D eigenvalue weighted by Crippen LogP contribution is 2.49. The number of ether oxygens (including phenoxy) is 2. The van der Waals surface area contributed by atoms with E-state index in [1.54, 1.807) is 20.4 Å². The molecule has 1 aliphatic heterocycles. The largest absolute Gasteiger partial charge is 0.494 e. The standard InChI is InChI=1S/C22H25N3O3/c1-5-7-10-14(9-6-2)18-21-19(15(13-24-18)22(26)23-3)25-20-16(27-4)11-8-12-17(20)28-21/h5,7-8,10-13,25H,6,9H2,1-4H3,(H,23,26)/b7-5-,14-10+. The predicted molar refractivity (Wildman–Crippen MR) is 112 cm³/mol. The molecule has 0 aliphatic carbocycles. The summed E-state index contributed by atoms with van der Waals surface area (Å²) in [4.78, 5) is 17.0. The fourth-order valence-electron chi connectivity index (χ4n) is 3.14. The van der Waals surface area contributed by atoms with Crippen LogP contribution in [0.5, 0.6) is 17.2 Å². The lowest BCUT2D eigenvalue weighted by molar-refractivity contribution is 0.0963. The van der Waals surface area contributed by atoms with E-state index in [1.807, 2.05) is 43.4 Å². The highest BCUT2D eigenvalue weighted by molar-refractivity contribution is 6.03. The third-order valence-electron chi connectivity index (χ3n) is 4.49. The fourth-order valence-corrected chi connectivity index (χ4v) is 3.14. The van der Waals surface area contributed by atoms with E-state index in [1.165, 1.54) is 0 Å². The lowest BCUT2D eigenvalue weighted by Gasteiger charge is -2.26. The Labute approximate surface area is 165 Å². The first-order valence-corrected chi connectivity index (χ1v) is 9.33.